The monoisotopic (exact) mass is 370 g/mol. The lowest BCUT2D eigenvalue weighted by molar-refractivity contribution is -0.136. The van der Waals surface area contributed by atoms with Crippen molar-refractivity contribution < 1.29 is 28.0 Å². The molecule has 1 saturated heterocycles. The number of anilines is 1. The fourth-order valence-electron chi connectivity index (χ4n) is 2.10. The molecular formula is C15H20BFN2O5S. The van der Waals surface area contributed by atoms with Gasteiger partial charge >= 0.3 is 13.1 Å². The number of rotatable bonds is 6. The van der Waals surface area contributed by atoms with Crippen LogP contribution in [0.3, 0.4) is 0 Å². The van der Waals surface area contributed by atoms with E-state index in [9.17, 15) is 9.59 Å². The maximum absolute atomic E-state index is 15.1. The van der Waals surface area contributed by atoms with E-state index in [0.717, 1.165) is 11.3 Å². The summed E-state index contributed by atoms with van der Waals surface area (Å²) in [6.45, 7) is 8.79. The van der Waals surface area contributed by atoms with Crippen molar-refractivity contribution >= 4 is 41.5 Å². The minimum atomic E-state index is -1.35. The average molecular weight is 370 g/mol. The highest BCUT2D eigenvalue weighted by Crippen LogP contribution is 2.40. The second-order valence-corrected chi connectivity index (χ2v) is 7.19. The number of esters is 1. The van der Waals surface area contributed by atoms with E-state index < -0.39 is 30.0 Å². The number of nitrogens with zero attached hydrogens (tertiary/aromatic N) is 1. The first-order valence-corrected chi connectivity index (χ1v) is 8.59. The minimum absolute atomic E-state index is 0.0417. The molecule has 0 saturated carbocycles. The van der Waals surface area contributed by atoms with Crippen LogP contribution in [0.2, 0.25) is 0 Å². The van der Waals surface area contributed by atoms with E-state index in [0.29, 0.717) is 6.41 Å². The number of aromatic nitrogens is 1. The van der Waals surface area contributed by atoms with Gasteiger partial charge < -0.3 is 19.4 Å². The van der Waals surface area contributed by atoms with Gasteiger partial charge in [0.15, 0.2) is 5.13 Å². The molecule has 136 valence electrons. The number of carbonyl (C=O) groups is 2. The summed E-state index contributed by atoms with van der Waals surface area (Å²) in [7, 11) is -1.35. The molecule has 0 atom stereocenters. The molecule has 1 fully saturated rings. The molecule has 2 rings (SSSR count). The standard InChI is InChI=1S/C15H20BFN2O5S/c1-6-22-12(21)10(9-7-25-13(19-9)18-8-20)11(17)16-23-14(2,3)15(4,5)24-16/h7-8H,6H2,1-5H3,(H,18,19,20). The molecule has 10 heteroatoms. The third-order valence-electron chi connectivity index (χ3n) is 4.12. The highest BCUT2D eigenvalue weighted by molar-refractivity contribution is 7.14. The fraction of sp³-hybridized carbons (Fsp3) is 0.533. The van der Waals surface area contributed by atoms with E-state index in [1.165, 1.54) is 5.38 Å². The number of ether oxygens (including phenoxy) is 1. The van der Waals surface area contributed by atoms with Crippen molar-refractivity contribution in [3.8, 4) is 0 Å². The van der Waals surface area contributed by atoms with Crippen molar-refractivity contribution in [2.24, 2.45) is 0 Å². The van der Waals surface area contributed by atoms with Gasteiger partial charge in [-0.05, 0) is 34.6 Å². The molecule has 25 heavy (non-hydrogen) atoms. The highest BCUT2D eigenvalue weighted by atomic mass is 32.1. The molecule has 0 radical (unpaired) electrons. The van der Waals surface area contributed by atoms with Crippen molar-refractivity contribution in [1.29, 1.82) is 0 Å². The SMILES string of the molecule is CCOC(=O)C(=C(F)B1OC(C)(C)C(C)(C)O1)c1csc(NC=O)n1. The molecule has 1 aliphatic rings. The normalized spacial score (nSPS) is 19.4. The third kappa shape index (κ3) is 3.91. The fourth-order valence-corrected chi connectivity index (χ4v) is 2.76. The van der Waals surface area contributed by atoms with Gasteiger partial charge in [-0.2, -0.15) is 0 Å². The van der Waals surface area contributed by atoms with Crippen LogP contribution in [-0.2, 0) is 23.6 Å². The van der Waals surface area contributed by atoms with E-state index >= 15 is 4.39 Å². The summed E-state index contributed by atoms with van der Waals surface area (Å²) >= 11 is 1.05. The second-order valence-electron chi connectivity index (χ2n) is 6.33. The van der Waals surface area contributed by atoms with Gasteiger partial charge in [0.25, 0.3) is 0 Å². The first-order valence-electron chi connectivity index (χ1n) is 7.71. The Hall–Kier alpha value is -1.78. The van der Waals surface area contributed by atoms with E-state index in [1.807, 2.05) is 0 Å². The number of amides is 1. The molecule has 1 aliphatic heterocycles. The van der Waals surface area contributed by atoms with Gasteiger partial charge in [0.2, 0.25) is 6.41 Å². The van der Waals surface area contributed by atoms with Crippen LogP contribution in [0.15, 0.2) is 11.1 Å². The van der Waals surface area contributed by atoms with Gasteiger partial charge in [0, 0.05) is 5.38 Å². The topological polar surface area (TPSA) is 86.8 Å². The second kappa shape index (κ2) is 7.23. The summed E-state index contributed by atoms with van der Waals surface area (Å²) in [6, 6.07) is 0. The van der Waals surface area contributed by atoms with Crippen LogP contribution < -0.4 is 5.32 Å². The molecule has 0 aliphatic carbocycles. The van der Waals surface area contributed by atoms with E-state index in [-0.39, 0.29) is 23.0 Å². The van der Waals surface area contributed by atoms with Gasteiger partial charge in [0.05, 0.1) is 23.5 Å². The molecule has 1 N–H and O–H groups in total. The quantitative estimate of drug-likeness (QED) is 0.359. The van der Waals surface area contributed by atoms with Gasteiger partial charge in [-0.25, -0.2) is 14.2 Å². The molecule has 1 amide bonds. The zero-order valence-corrected chi connectivity index (χ0v) is 15.5. The molecule has 7 nitrogen and oxygen atoms in total. The largest absolute Gasteiger partial charge is 0.526 e. The Morgan fingerprint density at radius 2 is 2.00 bits per heavy atom. The first kappa shape index (κ1) is 19.5. The van der Waals surface area contributed by atoms with Crippen molar-refractivity contribution in [3.63, 3.8) is 0 Å². The summed E-state index contributed by atoms with van der Waals surface area (Å²) < 4.78 is 31.4. The Morgan fingerprint density at radius 1 is 1.40 bits per heavy atom. The summed E-state index contributed by atoms with van der Waals surface area (Å²) in [6.07, 6.45) is 0.445. The molecule has 1 aromatic rings. The molecule has 2 heterocycles. The lowest BCUT2D eigenvalue weighted by atomic mass is 9.84. The minimum Gasteiger partial charge on any atom is -0.462 e. The number of halogens is 1. The van der Waals surface area contributed by atoms with Gasteiger partial charge in [0.1, 0.15) is 11.3 Å². The van der Waals surface area contributed by atoms with Crippen LogP contribution in [0, 0.1) is 0 Å². The number of carbonyl (C=O) groups excluding carboxylic acids is 2. The Morgan fingerprint density at radius 3 is 2.52 bits per heavy atom. The van der Waals surface area contributed by atoms with Crippen molar-refractivity contribution in [2.45, 2.75) is 45.8 Å². The Bertz CT molecular complexity index is 688. The van der Waals surface area contributed by atoms with Crippen LogP contribution in [0.1, 0.15) is 40.3 Å². The molecule has 0 bridgehead atoms. The summed E-state index contributed by atoms with van der Waals surface area (Å²) in [4.78, 5) is 26.8. The Labute approximate surface area is 149 Å². The van der Waals surface area contributed by atoms with Crippen molar-refractivity contribution in [3.05, 3.63) is 16.8 Å². The molecule has 1 aromatic heterocycles. The number of hydrogen-bond donors (Lipinski definition) is 1. The first-order chi connectivity index (χ1) is 11.6. The summed E-state index contributed by atoms with van der Waals surface area (Å²) in [5, 5.41) is 4.03. The zero-order chi connectivity index (χ0) is 18.8. The smallest absolute Gasteiger partial charge is 0.462 e. The lowest BCUT2D eigenvalue weighted by Gasteiger charge is -2.32. The molecular weight excluding hydrogens is 350 g/mol. The van der Waals surface area contributed by atoms with Crippen LogP contribution >= 0.6 is 11.3 Å². The predicted molar refractivity (Wildman–Crippen MR) is 92.5 cm³/mol. The van der Waals surface area contributed by atoms with Gasteiger partial charge in [-0.15, -0.1) is 11.3 Å². The van der Waals surface area contributed by atoms with Crippen LogP contribution in [0.5, 0.6) is 0 Å². The summed E-state index contributed by atoms with van der Waals surface area (Å²) in [5.41, 5.74) is -2.78. The van der Waals surface area contributed by atoms with E-state index in [2.05, 4.69) is 10.3 Å². The van der Waals surface area contributed by atoms with Crippen LogP contribution in [-0.4, -0.2) is 42.3 Å². The van der Waals surface area contributed by atoms with Crippen molar-refractivity contribution in [2.75, 3.05) is 11.9 Å². The maximum Gasteiger partial charge on any atom is 0.526 e. The molecule has 0 aromatic carbocycles. The lowest BCUT2D eigenvalue weighted by Crippen LogP contribution is -2.41. The maximum atomic E-state index is 15.1. The van der Waals surface area contributed by atoms with Crippen LogP contribution in [0.25, 0.3) is 5.57 Å². The van der Waals surface area contributed by atoms with Crippen molar-refractivity contribution in [1.82, 2.24) is 4.98 Å². The highest BCUT2D eigenvalue weighted by Gasteiger charge is 2.54. The number of thiazole rings is 1. The molecule has 0 unspecified atom stereocenters. The predicted octanol–water partition coefficient (Wildman–Crippen LogP) is 2.59. The van der Waals surface area contributed by atoms with Gasteiger partial charge in [-0.1, -0.05) is 0 Å². The van der Waals surface area contributed by atoms with E-state index in [1.54, 1.807) is 34.6 Å². The zero-order valence-electron chi connectivity index (χ0n) is 14.7. The molecule has 0 spiro atoms. The number of hydrogen-bond acceptors (Lipinski definition) is 7. The Kier molecular flexibility index (Phi) is 5.65. The number of nitrogens with one attached hydrogen (secondary N) is 1. The van der Waals surface area contributed by atoms with E-state index in [4.69, 9.17) is 14.0 Å². The van der Waals surface area contributed by atoms with Gasteiger partial charge in [-0.3, -0.25) is 4.79 Å². The van der Waals surface area contributed by atoms with Crippen LogP contribution in [0.4, 0.5) is 9.52 Å². The summed E-state index contributed by atoms with van der Waals surface area (Å²) in [5.74, 6) is -0.877. The third-order valence-corrected chi connectivity index (χ3v) is 4.89. The average Bonchev–Trinajstić information content (AvgIpc) is 3.02. The Balaban J connectivity index is 2.44.